The van der Waals surface area contributed by atoms with E-state index in [4.69, 9.17) is 20.4 Å². The number of carbonyl (C=O) groups is 2. The Balaban J connectivity index is 1.81. The zero-order valence-electron chi connectivity index (χ0n) is 19.2. The van der Waals surface area contributed by atoms with E-state index in [-0.39, 0.29) is 17.9 Å². The van der Waals surface area contributed by atoms with Crippen LogP contribution in [0.25, 0.3) is 33.1 Å². The number of amides is 1. The Labute approximate surface area is 200 Å². The van der Waals surface area contributed by atoms with Crippen LogP contribution in [0, 0.1) is 19.8 Å². The molecular weight excluding hydrogens is 458 g/mol. The number of halogens is 1. The van der Waals surface area contributed by atoms with Crippen molar-refractivity contribution in [2.75, 3.05) is 0 Å². The average Bonchev–Trinajstić information content (AvgIpc) is 3.20. The van der Waals surface area contributed by atoms with Gasteiger partial charge in [0.25, 0.3) is 0 Å². The SMILES string of the molecule is Cc1c(CC(=O)N[C@H](C(=O)O)C(C)C)c(=O)oc2c(C)c3occ(-c4ccc(Cl)cc4)c3cc12. The molecule has 0 saturated carbocycles. The molecule has 4 aromatic rings. The molecule has 1 atom stereocenters. The lowest BCUT2D eigenvalue weighted by atomic mass is 9.97. The van der Waals surface area contributed by atoms with Crippen molar-refractivity contribution >= 4 is 45.4 Å². The molecule has 2 N–H and O–H groups in total. The number of furan rings is 1. The van der Waals surface area contributed by atoms with Crippen molar-refractivity contribution in [2.45, 2.75) is 40.2 Å². The number of hydrogen-bond acceptors (Lipinski definition) is 5. The largest absolute Gasteiger partial charge is 0.480 e. The summed E-state index contributed by atoms with van der Waals surface area (Å²) in [5.41, 5.74) is 3.61. The molecule has 7 nitrogen and oxygen atoms in total. The molecule has 176 valence electrons. The number of aryl methyl sites for hydroxylation is 2. The zero-order valence-corrected chi connectivity index (χ0v) is 19.9. The van der Waals surface area contributed by atoms with Crippen LogP contribution in [0.4, 0.5) is 0 Å². The summed E-state index contributed by atoms with van der Waals surface area (Å²) in [5.74, 6) is -1.99. The predicted octanol–water partition coefficient (Wildman–Crippen LogP) is 5.24. The van der Waals surface area contributed by atoms with E-state index in [0.717, 1.165) is 16.5 Å². The van der Waals surface area contributed by atoms with Crippen LogP contribution in [0.1, 0.15) is 30.5 Å². The van der Waals surface area contributed by atoms with E-state index in [2.05, 4.69) is 5.32 Å². The van der Waals surface area contributed by atoms with E-state index in [0.29, 0.717) is 32.7 Å². The van der Waals surface area contributed by atoms with Gasteiger partial charge < -0.3 is 19.3 Å². The topological polar surface area (TPSA) is 110 Å². The van der Waals surface area contributed by atoms with Gasteiger partial charge in [-0.2, -0.15) is 0 Å². The summed E-state index contributed by atoms with van der Waals surface area (Å²) in [6.07, 6.45) is 1.37. The van der Waals surface area contributed by atoms with Crippen molar-refractivity contribution in [3.05, 3.63) is 68.7 Å². The molecule has 0 aliphatic carbocycles. The Hall–Kier alpha value is -3.58. The zero-order chi connectivity index (χ0) is 24.7. The molecule has 0 spiro atoms. The molecule has 0 bridgehead atoms. The van der Waals surface area contributed by atoms with Crippen molar-refractivity contribution in [2.24, 2.45) is 5.92 Å². The maximum absolute atomic E-state index is 12.8. The number of aliphatic carboxylic acids is 1. The fourth-order valence-corrected chi connectivity index (χ4v) is 4.28. The first kappa shape index (κ1) is 23.6. The minimum Gasteiger partial charge on any atom is -0.480 e. The summed E-state index contributed by atoms with van der Waals surface area (Å²) in [5, 5.41) is 14.0. The van der Waals surface area contributed by atoms with Gasteiger partial charge in [0.05, 0.1) is 18.2 Å². The number of benzene rings is 2. The molecule has 8 heteroatoms. The highest BCUT2D eigenvalue weighted by Gasteiger charge is 2.25. The van der Waals surface area contributed by atoms with Gasteiger partial charge in [-0.05, 0) is 49.1 Å². The highest BCUT2D eigenvalue weighted by atomic mass is 35.5. The Morgan fingerprint density at radius 1 is 1.06 bits per heavy atom. The van der Waals surface area contributed by atoms with Crippen molar-refractivity contribution in [1.82, 2.24) is 5.32 Å². The molecule has 0 saturated heterocycles. The van der Waals surface area contributed by atoms with E-state index in [9.17, 15) is 19.5 Å². The maximum Gasteiger partial charge on any atom is 0.340 e. The number of nitrogens with one attached hydrogen (secondary N) is 1. The third-order valence-electron chi connectivity index (χ3n) is 6.08. The van der Waals surface area contributed by atoms with Crippen LogP contribution in [0.5, 0.6) is 0 Å². The van der Waals surface area contributed by atoms with Gasteiger partial charge in [-0.1, -0.05) is 37.6 Å². The Morgan fingerprint density at radius 2 is 1.74 bits per heavy atom. The molecule has 0 unspecified atom stereocenters. The summed E-state index contributed by atoms with van der Waals surface area (Å²) in [7, 11) is 0. The molecule has 2 aromatic carbocycles. The second-order valence-electron chi connectivity index (χ2n) is 8.71. The van der Waals surface area contributed by atoms with Gasteiger partial charge in [0.2, 0.25) is 5.91 Å². The summed E-state index contributed by atoms with van der Waals surface area (Å²) in [6, 6.07) is 8.23. The lowest BCUT2D eigenvalue weighted by Crippen LogP contribution is -2.45. The number of rotatable bonds is 6. The molecular formula is C26H24ClNO6. The molecule has 0 aliphatic rings. The monoisotopic (exact) mass is 481 g/mol. The minimum absolute atomic E-state index is 0.188. The summed E-state index contributed by atoms with van der Waals surface area (Å²) in [4.78, 5) is 36.8. The van der Waals surface area contributed by atoms with Gasteiger partial charge >= 0.3 is 11.6 Å². The molecule has 4 rings (SSSR count). The molecule has 34 heavy (non-hydrogen) atoms. The Bertz CT molecular complexity index is 1480. The van der Waals surface area contributed by atoms with E-state index in [1.54, 1.807) is 39.2 Å². The molecule has 0 aliphatic heterocycles. The second-order valence-corrected chi connectivity index (χ2v) is 9.14. The molecule has 1 amide bonds. The van der Waals surface area contributed by atoms with Crippen LogP contribution in [0.15, 0.2) is 50.2 Å². The molecule has 0 fully saturated rings. The standard InChI is InChI=1S/C26H24ClNO6/c1-12(2)22(25(30)31)28-21(29)10-18-13(3)17-9-19-20(15-5-7-16(27)8-6-15)11-33-23(19)14(4)24(17)34-26(18)32/h5-9,11-12,22H,10H2,1-4H3,(H,28,29)(H,30,31)/t22-/m0/s1. The number of carboxylic acid groups (broad SMARTS) is 1. The van der Waals surface area contributed by atoms with Crippen LogP contribution >= 0.6 is 11.6 Å². The lowest BCUT2D eigenvalue weighted by molar-refractivity contribution is -0.143. The van der Waals surface area contributed by atoms with Crippen molar-refractivity contribution in [3.8, 4) is 11.1 Å². The Morgan fingerprint density at radius 3 is 2.35 bits per heavy atom. The number of carbonyl (C=O) groups excluding carboxylic acids is 1. The molecule has 2 aromatic heterocycles. The first-order valence-corrected chi connectivity index (χ1v) is 11.2. The molecule has 0 radical (unpaired) electrons. The van der Waals surface area contributed by atoms with Crippen LogP contribution in [-0.2, 0) is 16.0 Å². The van der Waals surface area contributed by atoms with E-state index >= 15 is 0 Å². The fraction of sp³-hybridized carbons (Fsp3) is 0.269. The van der Waals surface area contributed by atoms with Gasteiger partial charge in [-0.15, -0.1) is 0 Å². The Kier molecular flexibility index (Phi) is 6.23. The van der Waals surface area contributed by atoms with Gasteiger partial charge in [0, 0.05) is 26.9 Å². The van der Waals surface area contributed by atoms with Crippen LogP contribution in [-0.4, -0.2) is 23.0 Å². The predicted molar refractivity (Wildman–Crippen MR) is 130 cm³/mol. The third-order valence-corrected chi connectivity index (χ3v) is 6.34. The molecule has 2 heterocycles. The van der Waals surface area contributed by atoms with Crippen LogP contribution < -0.4 is 10.9 Å². The number of fused-ring (bicyclic) bond motifs is 2. The van der Waals surface area contributed by atoms with Crippen molar-refractivity contribution in [1.29, 1.82) is 0 Å². The third kappa shape index (κ3) is 4.19. The summed E-state index contributed by atoms with van der Waals surface area (Å²) < 4.78 is 11.4. The summed E-state index contributed by atoms with van der Waals surface area (Å²) in [6.45, 7) is 6.97. The van der Waals surface area contributed by atoms with Gasteiger partial charge in [-0.25, -0.2) is 9.59 Å². The average molecular weight is 482 g/mol. The van der Waals surface area contributed by atoms with Gasteiger partial charge in [0.15, 0.2) is 0 Å². The highest BCUT2D eigenvalue weighted by molar-refractivity contribution is 6.30. The van der Waals surface area contributed by atoms with E-state index in [1.165, 1.54) is 0 Å². The normalized spacial score (nSPS) is 12.4. The van der Waals surface area contributed by atoms with Gasteiger partial charge in [0.1, 0.15) is 17.2 Å². The fourth-order valence-electron chi connectivity index (χ4n) is 4.15. The first-order valence-electron chi connectivity index (χ1n) is 10.8. The van der Waals surface area contributed by atoms with Crippen LogP contribution in [0.2, 0.25) is 5.02 Å². The van der Waals surface area contributed by atoms with Gasteiger partial charge in [-0.3, -0.25) is 4.79 Å². The lowest BCUT2D eigenvalue weighted by Gasteiger charge is -2.18. The smallest absolute Gasteiger partial charge is 0.340 e. The first-order chi connectivity index (χ1) is 16.1. The van der Waals surface area contributed by atoms with Crippen molar-refractivity contribution < 1.29 is 23.5 Å². The minimum atomic E-state index is -1.13. The van der Waals surface area contributed by atoms with E-state index in [1.807, 2.05) is 25.1 Å². The summed E-state index contributed by atoms with van der Waals surface area (Å²) >= 11 is 6.02. The number of hydrogen-bond donors (Lipinski definition) is 2. The quantitative estimate of drug-likeness (QED) is 0.364. The number of carboxylic acids is 1. The second kappa shape index (κ2) is 8.99. The maximum atomic E-state index is 12.8. The van der Waals surface area contributed by atoms with E-state index < -0.39 is 23.5 Å². The van der Waals surface area contributed by atoms with Crippen molar-refractivity contribution in [3.63, 3.8) is 0 Å². The highest BCUT2D eigenvalue weighted by Crippen LogP contribution is 2.37. The van der Waals surface area contributed by atoms with Crippen LogP contribution in [0.3, 0.4) is 0 Å².